The molecule has 1 aliphatic rings. The minimum atomic E-state index is 0.297. The van der Waals surface area contributed by atoms with Crippen molar-refractivity contribution < 1.29 is 4.74 Å². The van der Waals surface area contributed by atoms with Crippen molar-refractivity contribution in [1.82, 2.24) is 9.97 Å². The van der Waals surface area contributed by atoms with Crippen LogP contribution in [-0.2, 0) is 11.2 Å². The molecule has 2 aromatic rings. The van der Waals surface area contributed by atoms with E-state index in [1.807, 2.05) is 30.3 Å². The van der Waals surface area contributed by atoms with E-state index in [1.54, 1.807) is 6.33 Å². The molecule has 0 radical (unpaired) electrons. The van der Waals surface area contributed by atoms with E-state index in [-0.39, 0.29) is 0 Å². The second kappa shape index (κ2) is 8.13. The van der Waals surface area contributed by atoms with Crippen LogP contribution in [0.3, 0.4) is 0 Å². The number of hydrogen-bond acceptors (Lipinski definition) is 5. The number of nitrogens with zero attached hydrogens (tertiary/aromatic N) is 2. The van der Waals surface area contributed by atoms with Gasteiger partial charge in [0, 0.05) is 30.8 Å². The largest absolute Gasteiger partial charge is 0.376 e. The maximum absolute atomic E-state index is 5.89. The van der Waals surface area contributed by atoms with E-state index in [0.717, 1.165) is 55.6 Å². The summed E-state index contributed by atoms with van der Waals surface area (Å²) in [6, 6.07) is 9.83. The van der Waals surface area contributed by atoms with Crippen LogP contribution in [0.2, 0.25) is 5.02 Å². The monoisotopic (exact) mass is 332 g/mol. The first kappa shape index (κ1) is 16.0. The lowest BCUT2D eigenvalue weighted by atomic mass is 10.1. The van der Waals surface area contributed by atoms with Crippen LogP contribution in [0, 0.1) is 0 Å². The van der Waals surface area contributed by atoms with E-state index >= 15 is 0 Å². The van der Waals surface area contributed by atoms with Crippen LogP contribution in [0.25, 0.3) is 0 Å². The molecular weight excluding hydrogens is 312 g/mol. The Morgan fingerprint density at radius 2 is 1.91 bits per heavy atom. The van der Waals surface area contributed by atoms with E-state index < -0.39 is 0 Å². The van der Waals surface area contributed by atoms with Crippen LogP contribution in [-0.4, -0.2) is 35.8 Å². The molecule has 1 aliphatic heterocycles. The molecule has 1 aromatic carbocycles. The normalized spacial score (nSPS) is 17.2. The molecule has 0 saturated carbocycles. The Bertz CT molecular complexity index is 614. The summed E-state index contributed by atoms with van der Waals surface area (Å²) < 4.78 is 5.60. The number of halogens is 1. The highest BCUT2D eigenvalue weighted by Crippen LogP contribution is 2.14. The van der Waals surface area contributed by atoms with Gasteiger partial charge in [-0.2, -0.15) is 0 Å². The maximum atomic E-state index is 5.89. The summed E-state index contributed by atoms with van der Waals surface area (Å²) in [5.74, 6) is 1.65. The van der Waals surface area contributed by atoms with Crippen molar-refractivity contribution in [1.29, 1.82) is 0 Å². The van der Waals surface area contributed by atoms with Crippen LogP contribution in [0.4, 0.5) is 11.6 Å². The Balaban J connectivity index is 1.46. The number of aromatic nitrogens is 2. The molecule has 122 valence electrons. The number of nitrogens with one attached hydrogen (secondary N) is 2. The molecule has 1 fully saturated rings. The van der Waals surface area contributed by atoms with Crippen molar-refractivity contribution >= 4 is 23.2 Å². The molecule has 5 nitrogen and oxygen atoms in total. The third-order valence-electron chi connectivity index (χ3n) is 3.83. The SMILES string of the molecule is Clc1ccc(CCNc2cc(NCC3CCCO3)ncn2)cc1. The molecule has 23 heavy (non-hydrogen) atoms. The topological polar surface area (TPSA) is 59.1 Å². The molecule has 0 aliphatic carbocycles. The lowest BCUT2D eigenvalue weighted by molar-refractivity contribution is 0.120. The van der Waals surface area contributed by atoms with Crippen molar-refractivity contribution in [3.8, 4) is 0 Å². The molecule has 0 bridgehead atoms. The zero-order valence-electron chi connectivity index (χ0n) is 13.0. The summed E-state index contributed by atoms with van der Waals surface area (Å²) in [7, 11) is 0. The van der Waals surface area contributed by atoms with Gasteiger partial charge < -0.3 is 15.4 Å². The number of hydrogen-bond donors (Lipinski definition) is 2. The van der Waals surface area contributed by atoms with Gasteiger partial charge in [-0.25, -0.2) is 9.97 Å². The summed E-state index contributed by atoms with van der Waals surface area (Å²) in [6.07, 6.45) is 5.05. The van der Waals surface area contributed by atoms with Gasteiger partial charge in [-0.05, 0) is 37.0 Å². The van der Waals surface area contributed by atoms with E-state index in [0.29, 0.717) is 6.10 Å². The van der Waals surface area contributed by atoms with Crippen LogP contribution in [0.15, 0.2) is 36.7 Å². The van der Waals surface area contributed by atoms with E-state index in [2.05, 4.69) is 20.6 Å². The summed E-state index contributed by atoms with van der Waals surface area (Å²) in [5, 5.41) is 7.39. The van der Waals surface area contributed by atoms with Gasteiger partial charge >= 0.3 is 0 Å². The highest BCUT2D eigenvalue weighted by molar-refractivity contribution is 6.30. The van der Waals surface area contributed by atoms with Crippen molar-refractivity contribution in [3.63, 3.8) is 0 Å². The number of ether oxygens (including phenoxy) is 1. The van der Waals surface area contributed by atoms with E-state index in [9.17, 15) is 0 Å². The molecule has 1 aromatic heterocycles. The molecule has 2 N–H and O–H groups in total. The van der Waals surface area contributed by atoms with Gasteiger partial charge in [-0.15, -0.1) is 0 Å². The molecule has 6 heteroatoms. The average Bonchev–Trinajstić information content (AvgIpc) is 3.09. The predicted molar refractivity (Wildman–Crippen MR) is 93.1 cm³/mol. The Labute approximate surface area is 141 Å². The summed E-state index contributed by atoms with van der Waals surface area (Å²) in [4.78, 5) is 8.49. The summed E-state index contributed by atoms with van der Waals surface area (Å²) >= 11 is 5.89. The number of anilines is 2. The van der Waals surface area contributed by atoms with E-state index in [1.165, 1.54) is 5.56 Å². The molecular formula is C17H21ClN4O. The van der Waals surface area contributed by atoms with Crippen LogP contribution < -0.4 is 10.6 Å². The lowest BCUT2D eigenvalue weighted by Crippen LogP contribution is -2.19. The van der Waals surface area contributed by atoms with Crippen molar-refractivity contribution in [2.75, 3.05) is 30.3 Å². The van der Waals surface area contributed by atoms with Crippen molar-refractivity contribution in [2.24, 2.45) is 0 Å². The molecule has 1 saturated heterocycles. The summed E-state index contributed by atoms with van der Waals surface area (Å²) in [5.41, 5.74) is 1.24. The maximum Gasteiger partial charge on any atom is 0.131 e. The smallest absolute Gasteiger partial charge is 0.131 e. The first-order valence-corrected chi connectivity index (χ1v) is 8.33. The zero-order chi connectivity index (χ0) is 15.9. The quantitative estimate of drug-likeness (QED) is 0.814. The van der Waals surface area contributed by atoms with E-state index in [4.69, 9.17) is 16.3 Å². The third kappa shape index (κ3) is 5.08. The Hall–Kier alpha value is -1.85. The highest BCUT2D eigenvalue weighted by atomic mass is 35.5. The minimum Gasteiger partial charge on any atom is -0.376 e. The fraction of sp³-hybridized carbons (Fsp3) is 0.412. The van der Waals surface area contributed by atoms with Crippen molar-refractivity contribution in [3.05, 3.63) is 47.2 Å². The minimum absolute atomic E-state index is 0.297. The molecule has 2 heterocycles. The summed E-state index contributed by atoms with van der Waals surface area (Å²) in [6.45, 7) is 2.47. The van der Waals surface area contributed by atoms with Gasteiger partial charge in [0.05, 0.1) is 6.10 Å². The van der Waals surface area contributed by atoms with Crippen LogP contribution in [0.1, 0.15) is 18.4 Å². The van der Waals surface area contributed by atoms with Gasteiger partial charge in [0.15, 0.2) is 0 Å². The van der Waals surface area contributed by atoms with Gasteiger partial charge in [0.2, 0.25) is 0 Å². The Kier molecular flexibility index (Phi) is 5.66. The fourth-order valence-corrected chi connectivity index (χ4v) is 2.69. The van der Waals surface area contributed by atoms with Crippen molar-refractivity contribution in [2.45, 2.75) is 25.4 Å². The molecule has 1 unspecified atom stereocenters. The third-order valence-corrected chi connectivity index (χ3v) is 4.09. The standard InChI is InChI=1S/C17H21ClN4O/c18-14-5-3-13(4-6-14)7-8-19-16-10-17(22-12-21-16)20-11-15-2-1-9-23-15/h3-6,10,12,15H,1-2,7-9,11H2,(H2,19,20,21,22). The molecule has 3 rings (SSSR count). The van der Waals surface area contributed by atoms with Gasteiger partial charge in [0.25, 0.3) is 0 Å². The fourth-order valence-electron chi connectivity index (χ4n) is 2.56. The number of rotatable bonds is 7. The highest BCUT2D eigenvalue weighted by Gasteiger charge is 2.15. The second-order valence-electron chi connectivity index (χ2n) is 5.61. The first-order chi connectivity index (χ1) is 11.3. The van der Waals surface area contributed by atoms with Crippen LogP contribution in [0.5, 0.6) is 0 Å². The molecule has 0 amide bonds. The lowest BCUT2D eigenvalue weighted by Gasteiger charge is -2.12. The first-order valence-electron chi connectivity index (χ1n) is 7.95. The second-order valence-corrected chi connectivity index (χ2v) is 6.04. The molecule has 0 spiro atoms. The van der Waals surface area contributed by atoms with Gasteiger partial charge in [-0.1, -0.05) is 23.7 Å². The van der Waals surface area contributed by atoms with Gasteiger partial charge in [-0.3, -0.25) is 0 Å². The molecule has 1 atom stereocenters. The Morgan fingerprint density at radius 1 is 1.13 bits per heavy atom. The predicted octanol–water partition coefficient (Wildman–Crippen LogP) is 3.38. The van der Waals surface area contributed by atoms with Crippen LogP contribution >= 0.6 is 11.6 Å². The van der Waals surface area contributed by atoms with Gasteiger partial charge in [0.1, 0.15) is 18.0 Å². The zero-order valence-corrected chi connectivity index (χ0v) is 13.7. The Morgan fingerprint density at radius 3 is 2.65 bits per heavy atom. The average molecular weight is 333 g/mol. The number of benzene rings is 1.